The van der Waals surface area contributed by atoms with Crippen LogP contribution in [0.5, 0.6) is 0 Å². The fourth-order valence-corrected chi connectivity index (χ4v) is 3.61. The van der Waals surface area contributed by atoms with Crippen molar-refractivity contribution >= 4 is 17.8 Å². The lowest BCUT2D eigenvalue weighted by molar-refractivity contribution is -0.149. The van der Waals surface area contributed by atoms with E-state index < -0.39 is 23.8 Å². The van der Waals surface area contributed by atoms with Gasteiger partial charge in [0.15, 0.2) is 0 Å². The summed E-state index contributed by atoms with van der Waals surface area (Å²) < 4.78 is 5.48. The van der Waals surface area contributed by atoms with E-state index in [1.807, 2.05) is 30.3 Å². The number of carbonyl (C=O) groups is 3. The molecule has 1 aliphatic heterocycles. The van der Waals surface area contributed by atoms with Crippen molar-refractivity contribution < 1.29 is 19.1 Å². The summed E-state index contributed by atoms with van der Waals surface area (Å²) >= 11 is 0. The van der Waals surface area contributed by atoms with Gasteiger partial charge in [0.2, 0.25) is 0 Å². The van der Waals surface area contributed by atoms with Crippen molar-refractivity contribution in [2.45, 2.75) is 19.1 Å². The Morgan fingerprint density at radius 3 is 2.10 bits per heavy atom. The molecule has 4 rings (SSSR count). The van der Waals surface area contributed by atoms with Crippen LogP contribution in [0.25, 0.3) is 0 Å². The third-order valence-corrected chi connectivity index (χ3v) is 5.19. The zero-order chi connectivity index (χ0) is 21.8. The highest BCUT2D eigenvalue weighted by Crippen LogP contribution is 2.26. The number of esters is 1. The van der Waals surface area contributed by atoms with Crippen molar-refractivity contribution in [3.8, 4) is 6.07 Å². The normalized spacial score (nSPS) is 13.5. The van der Waals surface area contributed by atoms with E-state index in [0.29, 0.717) is 11.1 Å². The van der Waals surface area contributed by atoms with Crippen molar-refractivity contribution in [2.75, 3.05) is 0 Å². The molecule has 0 saturated heterocycles. The lowest BCUT2D eigenvalue weighted by atomic mass is 10.0. The van der Waals surface area contributed by atoms with Gasteiger partial charge in [0.05, 0.1) is 22.8 Å². The minimum absolute atomic E-state index is 0.128. The van der Waals surface area contributed by atoms with Gasteiger partial charge in [-0.3, -0.25) is 14.5 Å². The molecule has 0 saturated carbocycles. The van der Waals surface area contributed by atoms with E-state index in [1.165, 1.54) is 0 Å². The Kier molecular flexibility index (Phi) is 5.59. The van der Waals surface area contributed by atoms with E-state index in [0.717, 1.165) is 10.5 Å². The van der Waals surface area contributed by atoms with Crippen LogP contribution in [0.3, 0.4) is 0 Å². The monoisotopic (exact) mass is 410 g/mol. The topological polar surface area (TPSA) is 87.5 Å². The lowest BCUT2D eigenvalue weighted by Gasteiger charge is -2.25. The standard InChI is InChI=1S/C25H18N2O4/c26-15-18-10-4-5-11-19(18)16-31-25(30)22(14-17-8-2-1-3-9-17)27-23(28)20-12-6-7-13-21(20)24(27)29/h1-13,22H,14,16H2/t22-/m0/s1. The summed E-state index contributed by atoms with van der Waals surface area (Å²) in [7, 11) is 0. The smallest absolute Gasteiger partial charge is 0.330 e. The molecule has 6 heteroatoms. The van der Waals surface area contributed by atoms with Gasteiger partial charge in [-0.05, 0) is 23.8 Å². The Hall–Kier alpha value is -4.24. The SMILES string of the molecule is N#Cc1ccccc1COC(=O)[C@H](Cc1ccccc1)N1C(=O)c2ccccc2C1=O. The molecule has 0 bridgehead atoms. The van der Waals surface area contributed by atoms with Crippen LogP contribution in [0.4, 0.5) is 0 Å². The van der Waals surface area contributed by atoms with Crippen molar-refractivity contribution in [2.24, 2.45) is 0 Å². The number of nitriles is 1. The van der Waals surface area contributed by atoms with Crippen LogP contribution in [0.1, 0.15) is 37.4 Å². The number of fused-ring (bicyclic) bond motifs is 1. The molecule has 0 radical (unpaired) electrons. The molecule has 3 aromatic carbocycles. The first-order valence-electron chi connectivity index (χ1n) is 9.75. The zero-order valence-corrected chi connectivity index (χ0v) is 16.5. The maximum Gasteiger partial charge on any atom is 0.330 e. The van der Waals surface area contributed by atoms with E-state index in [2.05, 4.69) is 6.07 Å². The number of hydrogen-bond acceptors (Lipinski definition) is 5. The van der Waals surface area contributed by atoms with Gasteiger partial charge in [-0.2, -0.15) is 5.26 Å². The summed E-state index contributed by atoms with van der Waals surface area (Å²) in [5.41, 5.74) is 2.29. The van der Waals surface area contributed by atoms with Crippen molar-refractivity contribution in [1.82, 2.24) is 4.90 Å². The Balaban J connectivity index is 1.62. The largest absolute Gasteiger partial charge is 0.459 e. The summed E-state index contributed by atoms with van der Waals surface area (Å²) in [6, 6.07) is 23.4. The molecule has 31 heavy (non-hydrogen) atoms. The quantitative estimate of drug-likeness (QED) is 0.458. The van der Waals surface area contributed by atoms with Crippen LogP contribution < -0.4 is 0 Å². The maximum absolute atomic E-state index is 13.1. The van der Waals surface area contributed by atoms with Gasteiger partial charge in [0.1, 0.15) is 12.6 Å². The zero-order valence-electron chi connectivity index (χ0n) is 16.5. The second-order valence-electron chi connectivity index (χ2n) is 7.11. The van der Waals surface area contributed by atoms with Crippen LogP contribution in [0, 0.1) is 11.3 Å². The van der Waals surface area contributed by atoms with E-state index >= 15 is 0 Å². The average Bonchev–Trinajstić information content (AvgIpc) is 3.07. The van der Waals surface area contributed by atoms with Gasteiger partial charge >= 0.3 is 5.97 Å². The number of amides is 2. The third-order valence-electron chi connectivity index (χ3n) is 5.19. The molecule has 0 aromatic heterocycles. The first kappa shape index (κ1) is 20.0. The van der Waals surface area contributed by atoms with Gasteiger partial charge in [-0.1, -0.05) is 60.7 Å². The van der Waals surface area contributed by atoms with Crippen LogP contribution >= 0.6 is 0 Å². The summed E-state index contributed by atoms with van der Waals surface area (Å²) in [6.45, 7) is -0.128. The van der Waals surface area contributed by atoms with Gasteiger partial charge in [0, 0.05) is 12.0 Å². The fourth-order valence-electron chi connectivity index (χ4n) is 3.61. The predicted octanol–water partition coefficient (Wildman–Crippen LogP) is 3.51. The van der Waals surface area contributed by atoms with Crippen LogP contribution in [-0.2, 0) is 22.6 Å². The minimum atomic E-state index is -1.12. The maximum atomic E-state index is 13.1. The molecule has 0 unspecified atom stereocenters. The van der Waals surface area contributed by atoms with Crippen molar-refractivity contribution in [3.05, 3.63) is 107 Å². The van der Waals surface area contributed by atoms with Gasteiger partial charge in [-0.15, -0.1) is 0 Å². The van der Waals surface area contributed by atoms with Gasteiger partial charge in [-0.25, -0.2) is 4.79 Å². The summed E-state index contributed by atoms with van der Waals surface area (Å²) in [5, 5.41) is 9.24. The van der Waals surface area contributed by atoms with E-state index in [9.17, 15) is 19.6 Å². The summed E-state index contributed by atoms with van der Waals surface area (Å²) in [4.78, 5) is 40.0. The third kappa shape index (κ3) is 3.94. The molecule has 6 nitrogen and oxygen atoms in total. The van der Waals surface area contributed by atoms with Crippen LogP contribution in [0.15, 0.2) is 78.9 Å². The van der Waals surface area contributed by atoms with E-state index in [4.69, 9.17) is 4.74 Å². The lowest BCUT2D eigenvalue weighted by Crippen LogP contribution is -2.47. The molecule has 1 atom stereocenters. The highest BCUT2D eigenvalue weighted by molar-refractivity contribution is 6.22. The van der Waals surface area contributed by atoms with Crippen LogP contribution in [-0.4, -0.2) is 28.7 Å². The molecule has 0 N–H and O–H groups in total. The Morgan fingerprint density at radius 1 is 0.871 bits per heavy atom. The minimum Gasteiger partial charge on any atom is -0.459 e. The van der Waals surface area contributed by atoms with Gasteiger partial charge in [0.25, 0.3) is 11.8 Å². The molecule has 152 valence electrons. The molecule has 0 spiro atoms. The Bertz CT molecular complexity index is 1160. The predicted molar refractivity (Wildman–Crippen MR) is 112 cm³/mol. The second-order valence-corrected chi connectivity index (χ2v) is 7.11. The first-order valence-corrected chi connectivity index (χ1v) is 9.75. The number of carbonyl (C=O) groups excluding carboxylic acids is 3. The van der Waals surface area contributed by atoms with E-state index in [1.54, 1.807) is 48.5 Å². The molecule has 3 aromatic rings. The summed E-state index contributed by atoms with van der Waals surface area (Å²) in [5.74, 6) is -1.74. The number of rotatable bonds is 6. The average molecular weight is 410 g/mol. The van der Waals surface area contributed by atoms with Crippen LogP contribution in [0.2, 0.25) is 0 Å². The second kappa shape index (κ2) is 8.64. The molecule has 2 amide bonds. The molecule has 0 fully saturated rings. The molecular formula is C25H18N2O4. The fraction of sp³-hybridized carbons (Fsp3) is 0.120. The van der Waals surface area contributed by atoms with E-state index in [-0.39, 0.29) is 24.2 Å². The number of hydrogen-bond donors (Lipinski definition) is 0. The number of benzene rings is 3. The first-order chi connectivity index (χ1) is 15.1. The number of ether oxygens (including phenoxy) is 1. The highest BCUT2D eigenvalue weighted by Gasteiger charge is 2.43. The summed E-state index contributed by atoms with van der Waals surface area (Å²) in [6.07, 6.45) is 0.130. The van der Waals surface area contributed by atoms with Gasteiger partial charge < -0.3 is 4.74 Å². The van der Waals surface area contributed by atoms with Crippen molar-refractivity contribution in [3.63, 3.8) is 0 Å². The van der Waals surface area contributed by atoms with Crippen molar-refractivity contribution in [1.29, 1.82) is 5.26 Å². The Labute approximate surface area is 179 Å². The molecule has 0 aliphatic carbocycles. The Morgan fingerprint density at radius 2 is 1.45 bits per heavy atom. The molecular weight excluding hydrogens is 392 g/mol. The molecule has 1 heterocycles. The highest BCUT2D eigenvalue weighted by atomic mass is 16.5. The molecule has 1 aliphatic rings. The number of imide groups is 1. The number of nitrogens with zero attached hydrogens (tertiary/aromatic N) is 2.